The number of rotatable bonds is 3. The fourth-order valence-corrected chi connectivity index (χ4v) is 4.62. The summed E-state index contributed by atoms with van der Waals surface area (Å²) in [6.07, 6.45) is 1.51. The number of nitrogens with zero attached hydrogens (tertiary/aromatic N) is 4. The highest BCUT2D eigenvalue weighted by Gasteiger charge is 2.25. The van der Waals surface area contributed by atoms with Gasteiger partial charge < -0.3 is 15.1 Å². The van der Waals surface area contributed by atoms with Crippen LogP contribution in [0.25, 0.3) is 10.2 Å². The molecule has 1 aliphatic rings. The first-order chi connectivity index (χ1) is 13.4. The van der Waals surface area contributed by atoms with Gasteiger partial charge in [0.05, 0.1) is 48.5 Å². The summed E-state index contributed by atoms with van der Waals surface area (Å²) in [6.45, 7) is 7.90. The molecule has 0 bridgehead atoms. The zero-order valence-electron chi connectivity index (χ0n) is 16.0. The Morgan fingerprint density at radius 2 is 2.00 bits per heavy atom. The van der Waals surface area contributed by atoms with Gasteiger partial charge in [-0.1, -0.05) is 11.6 Å². The number of pyridine rings is 1. The second-order valence-electron chi connectivity index (χ2n) is 7.09. The zero-order chi connectivity index (χ0) is 19.8. The van der Waals surface area contributed by atoms with E-state index in [-0.39, 0.29) is 5.91 Å². The Bertz CT molecular complexity index is 1030. The number of thiophene rings is 1. The number of quaternary nitrogens is 1. The van der Waals surface area contributed by atoms with Gasteiger partial charge in [-0.05, 0) is 31.5 Å². The van der Waals surface area contributed by atoms with E-state index in [0.29, 0.717) is 15.7 Å². The van der Waals surface area contributed by atoms with Crippen LogP contribution in [-0.4, -0.2) is 54.1 Å². The fourth-order valence-electron chi connectivity index (χ4n) is 3.39. The molecule has 0 spiro atoms. The van der Waals surface area contributed by atoms with Gasteiger partial charge in [0.25, 0.3) is 5.91 Å². The Kier molecular flexibility index (Phi) is 5.18. The van der Waals surface area contributed by atoms with Crippen molar-refractivity contribution >= 4 is 50.7 Å². The van der Waals surface area contributed by atoms with Crippen molar-refractivity contribution in [2.45, 2.75) is 13.8 Å². The number of hydrogen-bond acceptors (Lipinski definition) is 6. The van der Waals surface area contributed by atoms with Crippen molar-refractivity contribution in [3.8, 4) is 0 Å². The molecule has 1 aliphatic heterocycles. The summed E-state index contributed by atoms with van der Waals surface area (Å²) in [4.78, 5) is 31.6. The number of piperazine rings is 1. The number of aryl methyl sites for hydroxylation is 2. The summed E-state index contributed by atoms with van der Waals surface area (Å²) in [6, 6.07) is 3.38. The largest absolute Gasteiger partial charge is 0.345 e. The molecular weight excluding hydrogens is 396 g/mol. The van der Waals surface area contributed by atoms with E-state index in [1.54, 1.807) is 12.1 Å². The lowest BCUT2D eigenvalue weighted by atomic mass is 10.1. The molecule has 0 saturated carbocycles. The van der Waals surface area contributed by atoms with Crippen LogP contribution in [0.1, 0.15) is 21.1 Å². The van der Waals surface area contributed by atoms with Crippen molar-refractivity contribution < 1.29 is 9.69 Å². The van der Waals surface area contributed by atoms with Crippen molar-refractivity contribution in [1.82, 2.24) is 15.0 Å². The van der Waals surface area contributed by atoms with E-state index in [0.717, 1.165) is 53.6 Å². The van der Waals surface area contributed by atoms with Crippen molar-refractivity contribution in [1.29, 1.82) is 0 Å². The van der Waals surface area contributed by atoms with Gasteiger partial charge in [-0.15, -0.1) is 11.3 Å². The molecule has 3 aromatic heterocycles. The smallest absolute Gasteiger partial charge is 0.267 e. The van der Waals surface area contributed by atoms with E-state index >= 15 is 0 Å². The first kappa shape index (κ1) is 19.0. The van der Waals surface area contributed by atoms with Crippen LogP contribution in [0, 0.1) is 13.8 Å². The van der Waals surface area contributed by atoms with Crippen molar-refractivity contribution in [3.63, 3.8) is 0 Å². The molecule has 0 aromatic carbocycles. The number of carbonyl (C=O) groups excluding carboxylic acids is 1. The summed E-state index contributed by atoms with van der Waals surface area (Å²) in [7, 11) is 2.21. The summed E-state index contributed by atoms with van der Waals surface area (Å²) >= 11 is 7.26. The van der Waals surface area contributed by atoms with Crippen LogP contribution in [-0.2, 0) is 0 Å². The minimum Gasteiger partial charge on any atom is -0.345 e. The van der Waals surface area contributed by atoms with Crippen molar-refractivity contribution in [3.05, 3.63) is 39.6 Å². The molecule has 2 N–H and O–H groups in total. The summed E-state index contributed by atoms with van der Waals surface area (Å²) in [5.74, 6) is 1.94. The maximum Gasteiger partial charge on any atom is 0.267 e. The minimum absolute atomic E-state index is 0.193. The highest BCUT2D eigenvalue weighted by molar-refractivity contribution is 7.20. The van der Waals surface area contributed by atoms with E-state index in [2.05, 4.69) is 27.2 Å². The Morgan fingerprint density at radius 1 is 1.25 bits per heavy atom. The van der Waals surface area contributed by atoms with Crippen LogP contribution in [0.4, 0.5) is 11.6 Å². The topological polar surface area (TPSA) is 75.5 Å². The number of halogens is 1. The number of amides is 1. The highest BCUT2D eigenvalue weighted by Crippen LogP contribution is 2.35. The third-order valence-corrected chi connectivity index (χ3v) is 6.38. The van der Waals surface area contributed by atoms with E-state index in [9.17, 15) is 4.79 Å². The van der Waals surface area contributed by atoms with Gasteiger partial charge in [0.15, 0.2) is 0 Å². The molecule has 146 valence electrons. The van der Waals surface area contributed by atoms with Gasteiger partial charge in [-0.2, -0.15) is 0 Å². The van der Waals surface area contributed by atoms with Gasteiger partial charge in [0.1, 0.15) is 22.3 Å². The Morgan fingerprint density at radius 3 is 2.68 bits per heavy atom. The Hall–Kier alpha value is -2.29. The molecule has 1 amide bonds. The second kappa shape index (κ2) is 7.62. The molecule has 4 heterocycles. The molecular formula is C19H22ClN6OS+. The minimum atomic E-state index is -0.193. The number of aromatic nitrogens is 3. The maximum atomic E-state index is 12.9. The van der Waals surface area contributed by atoms with E-state index in [4.69, 9.17) is 16.6 Å². The standard InChI is InChI=1S/C19H21ClN6OS/c1-11-15-17(26-8-6-25(3)7-9-26)22-12(2)23-19(15)28-16(11)18(27)24-14-5-4-13(20)10-21-14/h4-5,10H,6-9H2,1-3H3,(H,21,24,27)/p+1. The highest BCUT2D eigenvalue weighted by atomic mass is 35.5. The SMILES string of the molecule is Cc1nc(N2CC[NH+](C)CC2)c2c(C)c(C(=O)Nc3ccc(Cl)cn3)sc2n1. The quantitative estimate of drug-likeness (QED) is 0.681. The third-order valence-electron chi connectivity index (χ3n) is 4.97. The first-order valence-corrected chi connectivity index (χ1v) is 10.4. The fraction of sp³-hybridized carbons (Fsp3) is 0.368. The summed E-state index contributed by atoms with van der Waals surface area (Å²) in [5.41, 5.74) is 0.910. The number of likely N-dealkylation sites (N-methyl/N-ethyl adjacent to an activating group) is 1. The molecule has 9 heteroatoms. The zero-order valence-corrected chi connectivity index (χ0v) is 17.6. The lowest BCUT2D eigenvalue weighted by Gasteiger charge is -2.31. The number of carbonyl (C=O) groups is 1. The van der Waals surface area contributed by atoms with E-state index in [1.165, 1.54) is 22.4 Å². The first-order valence-electron chi connectivity index (χ1n) is 9.19. The molecule has 0 unspecified atom stereocenters. The number of nitrogens with one attached hydrogen (secondary N) is 2. The van der Waals surface area contributed by atoms with Crippen LogP contribution >= 0.6 is 22.9 Å². The summed E-state index contributed by atoms with van der Waals surface area (Å²) in [5, 5.41) is 4.35. The maximum absolute atomic E-state index is 12.9. The average molecular weight is 418 g/mol. The van der Waals surface area contributed by atoms with E-state index in [1.807, 2.05) is 13.8 Å². The molecule has 7 nitrogen and oxygen atoms in total. The third kappa shape index (κ3) is 3.67. The number of hydrogen-bond donors (Lipinski definition) is 2. The Balaban J connectivity index is 1.70. The predicted octanol–water partition coefficient (Wildman–Crippen LogP) is 1.94. The van der Waals surface area contributed by atoms with Gasteiger partial charge in [-0.25, -0.2) is 15.0 Å². The van der Waals surface area contributed by atoms with Gasteiger partial charge in [-0.3, -0.25) is 4.79 Å². The van der Waals surface area contributed by atoms with Crippen LogP contribution < -0.4 is 15.1 Å². The van der Waals surface area contributed by atoms with Crippen LogP contribution in [0.3, 0.4) is 0 Å². The number of anilines is 2. The van der Waals surface area contributed by atoms with Crippen molar-refractivity contribution in [2.24, 2.45) is 0 Å². The van der Waals surface area contributed by atoms with Crippen LogP contribution in [0.2, 0.25) is 5.02 Å². The molecule has 4 rings (SSSR count). The van der Waals surface area contributed by atoms with Crippen LogP contribution in [0.5, 0.6) is 0 Å². The van der Waals surface area contributed by atoms with Gasteiger partial charge >= 0.3 is 0 Å². The average Bonchev–Trinajstić information content (AvgIpc) is 3.00. The van der Waals surface area contributed by atoms with Crippen molar-refractivity contribution in [2.75, 3.05) is 43.4 Å². The van der Waals surface area contributed by atoms with Crippen LogP contribution in [0.15, 0.2) is 18.3 Å². The molecule has 3 aromatic rings. The normalized spacial score (nSPS) is 15.2. The Labute approximate surface area is 172 Å². The molecule has 0 radical (unpaired) electrons. The molecule has 0 aliphatic carbocycles. The lowest BCUT2D eigenvalue weighted by molar-refractivity contribution is -0.880. The van der Waals surface area contributed by atoms with Gasteiger partial charge in [0, 0.05) is 6.20 Å². The molecule has 1 fully saturated rings. The summed E-state index contributed by atoms with van der Waals surface area (Å²) < 4.78 is 0. The molecule has 0 atom stereocenters. The molecule has 28 heavy (non-hydrogen) atoms. The lowest BCUT2D eigenvalue weighted by Crippen LogP contribution is -3.12. The predicted molar refractivity (Wildman–Crippen MR) is 113 cm³/mol. The van der Waals surface area contributed by atoms with Gasteiger partial charge in [0.2, 0.25) is 0 Å². The monoisotopic (exact) mass is 417 g/mol. The van der Waals surface area contributed by atoms with E-state index < -0.39 is 0 Å². The second-order valence-corrected chi connectivity index (χ2v) is 8.53. The number of fused-ring (bicyclic) bond motifs is 1. The molecule has 1 saturated heterocycles.